The van der Waals surface area contributed by atoms with Crippen molar-refractivity contribution >= 4 is 11.5 Å². The molecule has 78 valence electrons. The Morgan fingerprint density at radius 1 is 1.60 bits per heavy atom. The molecule has 0 aliphatic heterocycles. The Balaban J connectivity index is 3.33. The quantitative estimate of drug-likeness (QED) is 0.601. The van der Waals surface area contributed by atoms with Crippen molar-refractivity contribution in [2.24, 2.45) is 0 Å². The molecule has 0 aliphatic carbocycles. The molecule has 0 atom stereocenters. The molecule has 0 aliphatic rings. The second-order valence-electron chi connectivity index (χ2n) is 3.04. The van der Waals surface area contributed by atoms with E-state index in [0.717, 1.165) is 0 Å². The molecule has 0 saturated heterocycles. The van der Waals surface area contributed by atoms with Gasteiger partial charge in [0, 0.05) is 6.07 Å². The van der Waals surface area contributed by atoms with E-state index in [1.165, 1.54) is 19.1 Å². The summed E-state index contributed by atoms with van der Waals surface area (Å²) >= 11 is 0. The smallest absolute Gasteiger partial charge is 0.163 e. The van der Waals surface area contributed by atoms with E-state index in [2.05, 4.69) is 0 Å². The maximum Gasteiger partial charge on any atom is 0.163 e. The van der Waals surface area contributed by atoms with Gasteiger partial charge in [0.15, 0.2) is 5.78 Å². The summed E-state index contributed by atoms with van der Waals surface area (Å²) in [6, 6.07) is 4.92. The molecule has 0 heterocycles. The van der Waals surface area contributed by atoms with E-state index in [-0.39, 0.29) is 5.78 Å². The molecule has 4 heteroatoms. The van der Waals surface area contributed by atoms with E-state index in [0.29, 0.717) is 29.2 Å². The zero-order valence-electron chi connectivity index (χ0n) is 8.70. The lowest BCUT2D eigenvalue weighted by molar-refractivity contribution is 0.101. The molecule has 0 saturated carbocycles. The fraction of sp³-hybridized carbons (Fsp3) is 0.273. The topological polar surface area (TPSA) is 76.1 Å². The first kappa shape index (κ1) is 11.1. The minimum atomic E-state index is -0.130. The van der Waals surface area contributed by atoms with Crippen molar-refractivity contribution < 1.29 is 9.53 Å². The second-order valence-corrected chi connectivity index (χ2v) is 3.04. The zero-order chi connectivity index (χ0) is 11.4. The highest BCUT2D eigenvalue weighted by Gasteiger charge is 2.12. The van der Waals surface area contributed by atoms with Crippen LogP contribution in [0.4, 0.5) is 5.69 Å². The number of hydrogen-bond donors (Lipinski definition) is 1. The summed E-state index contributed by atoms with van der Waals surface area (Å²) in [6.07, 6.45) is 0. The van der Waals surface area contributed by atoms with E-state index >= 15 is 0 Å². The van der Waals surface area contributed by atoms with E-state index in [1.807, 2.05) is 13.0 Å². The minimum Gasteiger partial charge on any atom is -0.493 e. The summed E-state index contributed by atoms with van der Waals surface area (Å²) in [6.45, 7) is 3.69. The van der Waals surface area contributed by atoms with Crippen LogP contribution < -0.4 is 10.5 Å². The van der Waals surface area contributed by atoms with Crippen LogP contribution in [-0.4, -0.2) is 12.4 Å². The summed E-state index contributed by atoms with van der Waals surface area (Å²) in [5, 5.41) is 8.77. The SMILES string of the molecule is CCOc1cc(C#N)c(N)cc1C(C)=O. The van der Waals surface area contributed by atoms with E-state index in [1.54, 1.807) is 0 Å². The van der Waals surface area contributed by atoms with Crippen LogP contribution in [0.15, 0.2) is 12.1 Å². The average Bonchev–Trinajstić information content (AvgIpc) is 2.20. The Labute approximate surface area is 88.3 Å². The molecular formula is C11H12N2O2. The predicted octanol–water partition coefficient (Wildman–Crippen LogP) is 1.74. The molecular weight excluding hydrogens is 192 g/mol. The maximum absolute atomic E-state index is 11.3. The molecule has 2 N–H and O–H groups in total. The Morgan fingerprint density at radius 3 is 2.73 bits per heavy atom. The highest BCUT2D eigenvalue weighted by Crippen LogP contribution is 2.25. The van der Waals surface area contributed by atoms with Gasteiger partial charge in [-0.05, 0) is 19.9 Å². The van der Waals surface area contributed by atoms with Crippen LogP contribution >= 0.6 is 0 Å². The number of ether oxygens (including phenoxy) is 1. The van der Waals surface area contributed by atoms with E-state index in [9.17, 15) is 4.79 Å². The third-order valence-electron chi connectivity index (χ3n) is 1.95. The molecule has 0 bridgehead atoms. The van der Waals surface area contributed by atoms with Crippen LogP contribution in [0.25, 0.3) is 0 Å². The van der Waals surface area contributed by atoms with Gasteiger partial charge in [0.1, 0.15) is 11.8 Å². The first-order valence-electron chi connectivity index (χ1n) is 4.57. The van der Waals surface area contributed by atoms with Gasteiger partial charge < -0.3 is 10.5 Å². The highest BCUT2D eigenvalue weighted by molar-refractivity contribution is 5.98. The number of nitriles is 1. The Hall–Kier alpha value is -2.02. The average molecular weight is 204 g/mol. The fourth-order valence-electron chi connectivity index (χ4n) is 1.24. The Kier molecular flexibility index (Phi) is 3.29. The van der Waals surface area contributed by atoms with Gasteiger partial charge in [-0.3, -0.25) is 4.79 Å². The predicted molar refractivity (Wildman–Crippen MR) is 56.7 cm³/mol. The lowest BCUT2D eigenvalue weighted by Crippen LogP contribution is -2.03. The zero-order valence-corrected chi connectivity index (χ0v) is 8.70. The minimum absolute atomic E-state index is 0.130. The number of carbonyl (C=O) groups is 1. The third-order valence-corrected chi connectivity index (χ3v) is 1.95. The number of rotatable bonds is 3. The molecule has 0 amide bonds. The summed E-state index contributed by atoms with van der Waals surface area (Å²) in [5.74, 6) is 0.283. The summed E-state index contributed by atoms with van der Waals surface area (Å²) in [4.78, 5) is 11.3. The van der Waals surface area contributed by atoms with Crippen molar-refractivity contribution in [3.63, 3.8) is 0 Å². The van der Waals surface area contributed by atoms with Crippen LogP contribution in [0.1, 0.15) is 29.8 Å². The molecule has 4 nitrogen and oxygen atoms in total. The molecule has 0 radical (unpaired) electrons. The van der Waals surface area contributed by atoms with Gasteiger partial charge in [-0.2, -0.15) is 5.26 Å². The Morgan fingerprint density at radius 2 is 2.27 bits per heavy atom. The van der Waals surface area contributed by atoms with Crippen molar-refractivity contribution in [3.05, 3.63) is 23.3 Å². The molecule has 15 heavy (non-hydrogen) atoms. The van der Waals surface area contributed by atoms with Crippen molar-refractivity contribution in [2.75, 3.05) is 12.3 Å². The van der Waals surface area contributed by atoms with Crippen LogP contribution in [0.3, 0.4) is 0 Å². The lowest BCUT2D eigenvalue weighted by Gasteiger charge is -2.09. The van der Waals surface area contributed by atoms with Gasteiger partial charge in [0.05, 0.1) is 23.4 Å². The van der Waals surface area contributed by atoms with Gasteiger partial charge in [-0.25, -0.2) is 0 Å². The molecule has 0 spiro atoms. The molecule has 1 aromatic carbocycles. The van der Waals surface area contributed by atoms with E-state index in [4.69, 9.17) is 15.7 Å². The van der Waals surface area contributed by atoms with E-state index < -0.39 is 0 Å². The number of anilines is 1. The fourth-order valence-corrected chi connectivity index (χ4v) is 1.24. The van der Waals surface area contributed by atoms with Gasteiger partial charge >= 0.3 is 0 Å². The largest absolute Gasteiger partial charge is 0.493 e. The molecule has 1 aromatic rings. The monoisotopic (exact) mass is 204 g/mol. The highest BCUT2D eigenvalue weighted by atomic mass is 16.5. The standard InChI is InChI=1S/C11H12N2O2/c1-3-15-11-4-8(6-12)10(13)5-9(11)7(2)14/h4-5H,3,13H2,1-2H3. The molecule has 0 fully saturated rings. The van der Waals surface area contributed by atoms with Crippen molar-refractivity contribution in [3.8, 4) is 11.8 Å². The van der Waals surface area contributed by atoms with Gasteiger partial charge in [-0.1, -0.05) is 0 Å². The van der Waals surface area contributed by atoms with Crippen LogP contribution in [-0.2, 0) is 0 Å². The Bertz CT molecular complexity index is 433. The number of carbonyl (C=O) groups excluding carboxylic acids is 1. The van der Waals surface area contributed by atoms with Crippen LogP contribution in [0, 0.1) is 11.3 Å². The van der Waals surface area contributed by atoms with Crippen molar-refractivity contribution in [2.45, 2.75) is 13.8 Å². The van der Waals surface area contributed by atoms with Gasteiger partial charge in [0.25, 0.3) is 0 Å². The summed E-state index contributed by atoms with van der Waals surface area (Å²) in [5.41, 5.74) is 6.63. The lowest BCUT2D eigenvalue weighted by atomic mass is 10.1. The number of nitrogens with two attached hydrogens (primary N) is 1. The number of nitrogens with zero attached hydrogens (tertiary/aromatic N) is 1. The summed E-state index contributed by atoms with van der Waals surface area (Å²) in [7, 11) is 0. The van der Waals surface area contributed by atoms with Gasteiger partial charge in [0.2, 0.25) is 0 Å². The number of ketones is 1. The normalized spacial score (nSPS) is 9.40. The number of nitrogen functional groups attached to an aromatic ring is 1. The first-order chi connectivity index (χ1) is 7.10. The third kappa shape index (κ3) is 2.26. The van der Waals surface area contributed by atoms with Crippen molar-refractivity contribution in [1.29, 1.82) is 5.26 Å². The second kappa shape index (κ2) is 4.47. The first-order valence-corrected chi connectivity index (χ1v) is 4.57. The van der Waals surface area contributed by atoms with Crippen LogP contribution in [0.5, 0.6) is 5.75 Å². The van der Waals surface area contributed by atoms with Crippen molar-refractivity contribution in [1.82, 2.24) is 0 Å². The number of Topliss-reactive ketones (excluding diaryl/α,β-unsaturated/α-hetero) is 1. The molecule has 0 unspecified atom stereocenters. The number of hydrogen-bond acceptors (Lipinski definition) is 4. The summed E-state index contributed by atoms with van der Waals surface area (Å²) < 4.78 is 5.27. The molecule has 1 rings (SSSR count). The number of benzene rings is 1. The maximum atomic E-state index is 11.3. The van der Waals surface area contributed by atoms with Gasteiger partial charge in [-0.15, -0.1) is 0 Å². The van der Waals surface area contributed by atoms with Crippen LogP contribution in [0.2, 0.25) is 0 Å². The molecule has 0 aromatic heterocycles.